The summed E-state index contributed by atoms with van der Waals surface area (Å²) >= 11 is 0. The van der Waals surface area contributed by atoms with Crippen LogP contribution >= 0.6 is 0 Å². The Balaban J connectivity index is 2.22. The van der Waals surface area contributed by atoms with Crippen LogP contribution in [0.15, 0.2) is 83.3 Å². The predicted octanol–water partition coefficient (Wildman–Crippen LogP) is 4.40. The van der Waals surface area contributed by atoms with E-state index in [1.165, 1.54) is 0 Å². The molecule has 0 spiro atoms. The van der Waals surface area contributed by atoms with Gasteiger partial charge in [-0.05, 0) is 5.56 Å². The summed E-state index contributed by atoms with van der Waals surface area (Å²) in [6.07, 6.45) is 1.72. The van der Waals surface area contributed by atoms with Crippen molar-refractivity contribution in [2.24, 2.45) is 10.3 Å². The Morgan fingerprint density at radius 3 is 2.41 bits per heavy atom. The molecule has 0 radical (unpaired) electrons. The molecule has 0 aromatic heterocycles. The van der Waals surface area contributed by atoms with Gasteiger partial charge in [-0.2, -0.15) is 5.53 Å². The zero-order chi connectivity index (χ0) is 15.4. The fourth-order valence-corrected chi connectivity index (χ4v) is 2.60. The number of nitrogens with one attached hydrogen (secondary N) is 1. The molecule has 3 rings (SSSR count). The molecule has 1 N–H and O–H groups in total. The molecule has 4 heteroatoms. The van der Waals surface area contributed by atoms with E-state index in [9.17, 15) is 0 Å². The quantitative estimate of drug-likeness (QED) is 0.658. The summed E-state index contributed by atoms with van der Waals surface area (Å²) < 4.78 is 0. The second kappa shape index (κ2) is 6.18. The molecule has 0 aliphatic carbocycles. The number of aliphatic imine (C=N–C) groups is 1. The first-order chi connectivity index (χ1) is 10.8. The Morgan fingerprint density at radius 1 is 1.05 bits per heavy atom. The summed E-state index contributed by atoms with van der Waals surface area (Å²) in [5.74, 6) is 0.531. The Labute approximate surface area is 128 Å². The average molecular weight is 289 g/mol. The van der Waals surface area contributed by atoms with Gasteiger partial charge in [0.25, 0.3) is 0 Å². The molecule has 2 aromatic rings. The van der Waals surface area contributed by atoms with Crippen molar-refractivity contribution < 1.29 is 4.84 Å². The first-order valence-electron chi connectivity index (χ1n) is 6.94. The van der Waals surface area contributed by atoms with Crippen molar-refractivity contribution in [1.29, 1.82) is 5.53 Å². The summed E-state index contributed by atoms with van der Waals surface area (Å²) in [5, 5.41) is 3.05. The van der Waals surface area contributed by atoms with Crippen molar-refractivity contribution in [1.82, 2.24) is 0 Å². The molecule has 0 amide bonds. The lowest BCUT2D eigenvalue weighted by atomic mass is 9.93. The van der Waals surface area contributed by atoms with Crippen molar-refractivity contribution in [3.05, 3.63) is 89.7 Å². The van der Waals surface area contributed by atoms with Crippen molar-refractivity contribution in [2.45, 2.75) is 0 Å². The van der Waals surface area contributed by atoms with Crippen LogP contribution in [-0.4, -0.2) is 12.3 Å². The highest BCUT2D eigenvalue weighted by Crippen LogP contribution is 2.29. The fourth-order valence-electron chi connectivity index (χ4n) is 2.60. The van der Waals surface area contributed by atoms with Gasteiger partial charge in [-0.1, -0.05) is 67.3 Å². The van der Waals surface area contributed by atoms with Crippen molar-refractivity contribution >= 4 is 11.3 Å². The molecule has 0 unspecified atom stereocenters. The molecule has 0 bridgehead atoms. The smallest absolute Gasteiger partial charge is 0.166 e. The summed E-state index contributed by atoms with van der Waals surface area (Å²) in [7, 11) is 0. The Morgan fingerprint density at radius 2 is 1.73 bits per heavy atom. The molecule has 2 aromatic carbocycles. The van der Waals surface area contributed by atoms with Crippen LogP contribution in [-0.2, 0) is 4.84 Å². The third-order valence-corrected chi connectivity index (χ3v) is 3.56. The van der Waals surface area contributed by atoms with Crippen LogP contribution < -0.4 is 0 Å². The Bertz CT molecular complexity index is 776. The van der Waals surface area contributed by atoms with E-state index in [4.69, 9.17) is 10.4 Å². The average Bonchev–Trinajstić information content (AvgIpc) is 2.72. The number of nitrogens with zero attached hydrogens (tertiary/aromatic N) is 2. The third-order valence-electron chi connectivity index (χ3n) is 3.56. The van der Waals surface area contributed by atoms with Crippen LogP contribution in [0.3, 0.4) is 0 Å². The van der Waals surface area contributed by atoms with Gasteiger partial charge in [-0.25, -0.2) is 0 Å². The number of benzene rings is 2. The number of rotatable bonds is 4. The summed E-state index contributed by atoms with van der Waals surface area (Å²) in [6, 6.07) is 18.0. The van der Waals surface area contributed by atoms with Gasteiger partial charge in [0.15, 0.2) is 5.76 Å². The van der Waals surface area contributed by atoms with Gasteiger partial charge in [0.1, 0.15) is 6.54 Å². The second-order valence-corrected chi connectivity index (χ2v) is 4.80. The Hall–Kier alpha value is -3.01. The molecule has 4 nitrogen and oxygen atoms in total. The zero-order valence-electron chi connectivity index (χ0n) is 12.0. The van der Waals surface area contributed by atoms with Crippen LogP contribution in [0.25, 0.3) is 5.57 Å². The van der Waals surface area contributed by atoms with Gasteiger partial charge in [0, 0.05) is 22.0 Å². The molecule has 22 heavy (non-hydrogen) atoms. The highest BCUT2D eigenvalue weighted by Gasteiger charge is 2.20. The molecule has 1 aliphatic rings. The normalized spacial score (nSPS) is 13.7. The van der Waals surface area contributed by atoms with Gasteiger partial charge < -0.3 is 4.84 Å². The second-order valence-electron chi connectivity index (χ2n) is 4.80. The standard InChI is InChI=1S/C18H15N3O/c1-2-14-15-10-6-7-11-16(15)18(13-8-4-3-5-9-13)20-12-17(14)22-21-19/h2-11,19H,1,12H2. The van der Waals surface area contributed by atoms with Crippen molar-refractivity contribution in [3.63, 3.8) is 0 Å². The van der Waals surface area contributed by atoms with E-state index in [0.717, 1.165) is 28.0 Å². The maximum Gasteiger partial charge on any atom is 0.166 e. The maximum atomic E-state index is 6.96. The van der Waals surface area contributed by atoms with E-state index in [2.05, 4.69) is 16.8 Å². The van der Waals surface area contributed by atoms with Gasteiger partial charge in [0.05, 0.1) is 5.71 Å². The van der Waals surface area contributed by atoms with E-state index in [0.29, 0.717) is 12.3 Å². The highest BCUT2D eigenvalue weighted by atomic mass is 16.6. The molecule has 1 heterocycles. The molecule has 0 saturated carbocycles. The number of hydrogen-bond donors (Lipinski definition) is 1. The Kier molecular flexibility index (Phi) is 3.92. The fraction of sp³-hybridized carbons (Fsp3) is 0.0556. The lowest BCUT2D eigenvalue weighted by Crippen LogP contribution is -2.05. The number of hydrogen-bond acceptors (Lipinski definition) is 4. The number of fused-ring (bicyclic) bond motifs is 1. The minimum Gasteiger partial charge on any atom is -0.342 e. The van der Waals surface area contributed by atoms with Crippen LogP contribution in [0, 0.1) is 5.53 Å². The minimum atomic E-state index is 0.322. The van der Waals surface area contributed by atoms with Crippen molar-refractivity contribution in [3.8, 4) is 0 Å². The predicted molar refractivity (Wildman–Crippen MR) is 86.7 cm³/mol. The third kappa shape index (κ3) is 2.46. The molecule has 1 aliphatic heterocycles. The molecular formula is C18H15N3O. The van der Waals surface area contributed by atoms with Gasteiger partial charge >= 0.3 is 0 Å². The van der Waals surface area contributed by atoms with Crippen LogP contribution in [0.2, 0.25) is 0 Å². The lowest BCUT2D eigenvalue weighted by Gasteiger charge is -2.11. The van der Waals surface area contributed by atoms with E-state index in [1.807, 2.05) is 54.6 Å². The SMILES string of the molecule is C=CC1=C(ON=N)CN=C(c2ccccc2)c2ccccc21. The topological polar surface area (TPSA) is 57.8 Å². The largest absolute Gasteiger partial charge is 0.342 e. The van der Waals surface area contributed by atoms with Gasteiger partial charge in [0.2, 0.25) is 0 Å². The van der Waals surface area contributed by atoms with E-state index >= 15 is 0 Å². The van der Waals surface area contributed by atoms with Gasteiger partial charge in [-0.3, -0.25) is 4.99 Å². The first-order valence-corrected chi connectivity index (χ1v) is 6.94. The first kappa shape index (κ1) is 13.9. The molecule has 0 atom stereocenters. The van der Waals surface area contributed by atoms with E-state index in [-0.39, 0.29) is 0 Å². The monoisotopic (exact) mass is 289 g/mol. The molecule has 108 valence electrons. The van der Waals surface area contributed by atoms with Crippen LogP contribution in [0.4, 0.5) is 0 Å². The lowest BCUT2D eigenvalue weighted by molar-refractivity contribution is 0.193. The summed E-state index contributed by atoms with van der Waals surface area (Å²) in [6.45, 7) is 4.19. The van der Waals surface area contributed by atoms with Gasteiger partial charge in [-0.15, -0.1) is 0 Å². The van der Waals surface area contributed by atoms with Crippen LogP contribution in [0.1, 0.15) is 16.7 Å². The molecular weight excluding hydrogens is 274 g/mol. The van der Waals surface area contributed by atoms with E-state index < -0.39 is 0 Å². The molecule has 0 saturated heterocycles. The van der Waals surface area contributed by atoms with Crippen LogP contribution in [0.5, 0.6) is 0 Å². The van der Waals surface area contributed by atoms with Crippen molar-refractivity contribution in [2.75, 3.05) is 6.54 Å². The minimum absolute atomic E-state index is 0.322. The summed E-state index contributed by atoms with van der Waals surface area (Å²) in [4.78, 5) is 9.78. The highest BCUT2D eigenvalue weighted by molar-refractivity contribution is 6.16. The van der Waals surface area contributed by atoms with E-state index in [1.54, 1.807) is 6.08 Å². The zero-order valence-corrected chi connectivity index (χ0v) is 12.0. The maximum absolute atomic E-state index is 6.96. The molecule has 0 fully saturated rings. The summed E-state index contributed by atoms with van der Waals surface area (Å²) in [5.41, 5.74) is 11.7. The number of allylic oxidation sites excluding steroid dienone is 2.